The number of rotatable bonds is 5. The minimum Gasteiger partial charge on any atom is -0.382 e. The van der Waals surface area contributed by atoms with Gasteiger partial charge in [0, 0.05) is 79.4 Å². The van der Waals surface area contributed by atoms with Crippen LogP contribution in [0, 0.1) is 0 Å². The van der Waals surface area contributed by atoms with Crippen molar-refractivity contribution in [3.05, 3.63) is 97.5 Å². The number of nitrogen functional groups attached to an aromatic ring is 1. The first-order valence-electron chi connectivity index (χ1n) is 14.6. The van der Waals surface area contributed by atoms with Crippen LogP contribution in [-0.2, 0) is 0 Å². The van der Waals surface area contributed by atoms with Crippen LogP contribution >= 0.6 is 0 Å². The molecule has 9 nitrogen and oxygen atoms in total. The summed E-state index contributed by atoms with van der Waals surface area (Å²) in [5.41, 5.74) is 12.2. The van der Waals surface area contributed by atoms with Crippen molar-refractivity contribution in [2.75, 3.05) is 36.8 Å². The van der Waals surface area contributed by atoms with E-state index in [4.69, 9.17) is 15.7 Å². The molecule has 0 amide bonds. The SMILES string of the molecule is Nc1nccn2c(C3CC(N4CCN(c5cnccn5)CC4)C3)nc(-c3ccc4ccc(-c5ccccc5)nc4c3)c12. The molecule has 1 saturated carbocycles. The topological polar surface area (TPSA) is 101 Å². The van der Waals surface area contributed by atoms with Crippen molar-refractivity contribution >= 4 is 28.1 Å². The molecule has 42 heavy (non-hydrogen) atoms. The zero-order valence-corrected chi connectivity index (χ0v) is 23.2. The first kappa shape index (κ1) is 24.9. The molecule has 1 aliphatic carbocycles. The Bertz CT molecular complexity index is 1870. The van der Waals surface area contributed by atoms with Crippen molar-refractivity contribution in [1.82, 2.24) is 34.2 Å². The van der Waals surface area contributed by atoms with Crippen molar-refractivity contribution in [2.24, 2.45) is 0 Å². The van der Waals surface area contributed by atoms with Crippen molar-refractivity contribution < 1.29 is 0 Å². The van der Waals surface area contributed by atoms with Crippen molar-refractivity contribution in [1.29, 1.82) is 0 Å². The third-order valence-corrected chi connectivity index (χ3v) is 8.83. The Labute approximate surface area is 243 Å². The van der Waals surface area contributed by atoms with E-state index in [0.717, 1.165) is 89.6 Å². The minimum absolute atomic E-state index is 0.374. The first-order chi connectivity index (χ1) is 20.7. The maximum Gasteiger partial charge on any atom is 0.150 e. The zero-order chi connectivity index (χ0) is 28.0. The molecule has 0 spiro atoms. The maximum atomic E-state index is 6.48. The van der Waals surface area contributed by atoms with E-state index in [1.54, 1.807) is 18.6 Å². The van der Waals surface area contributed by atoms with Gasteiger partial charge < -0.3 is 10.6 Å². The van der Waals surface area contributed by atoms with E-state index in [-0.39, 0.29) is 0 Å². The van der Waals surface area contributed by atoms with Gasteiger partial charge in [0.15, 0.2) is 0 Å². The molecule has 1 aliphatic heterocycles. The summed E-state index contributed by atoms with van der Waals surface area (Å²) in [7, 11) is 0. The summed E-state index contributed by atoms with van der Waals surface area (Å²) in [6, 6.07) is 21.4. The summed E-state index contributed by atoms with van der Waals surface area (Å²) in [5, 5.41) is 1.09. The van der Waals surface area contributed by atoms with Crippen LogP contribution in [0.5, 0.6) is 0 Å². The van der Waals surface area contributed by atoms with Crippen LogP contribution in [0.25, 0.3) is 38.9 Å². The molecule has 208 valence electrons. The van der Waals surface area contributed by atoms with Crippen LogP contribution < -0.4 is 10.6 Å². The van der Waals surface area contributed by atoms with Gasteiger partial charge in [0.25, 0.3) is 0 Å². The van der Waals surface area contributed by atoms with Crippen LogP contribution in [0.4, 0.5) is 11.6 Å². The number of hydrogen-bond acceptors (Lipinski definition) is 8. The highest BCUT2D eigenvalue weighted by atomic mass is 15.3. The van der Waals surface area contributed by atoms with E-state index in [1.807, 2.05) is 30.6 Å². The zero-order valence-electron chi connectivity index (χ0n) is 23.2. The van der Waals surface area contributed by atoms with Crippen molar-refractivity contribution in [3.63, 3.8) is 0 Å². The van der Waals surface area contributed by atoms with Gasteiger partial charge in [0.1, 0.15) is 28.7 Å². The van der Waals surface area contributed by atoms with Gasteiger partial charge in [-0.25, -0.2) is 19.9 Å². The maximum absolute atomic E-state index is 6.48. The largest absolute Gasteiger partial charge is 0.382 e. The third kappa shape index (κ3) is 4.33. The molecule has 1 saturated heterocycles. The smallest absolute Gasteiger partial charge is 0.150 e. The highest BCUT2D eigenvalue weighted by Crippen LogP contribution is 2.42. The molecule has 2 aliphatic rings. The van der Waals surface area contributed by atoms with Gasteiger partial charge >= 0.3 is 0 Å². The lowest BCUT2D eigenvalue weighted by Crippen LogP contribution is -2.54. The average Bonchev–Trinajstić information content (AvgIpc) is 3.41. The number of aromatic nitrogens is 6. The standard InChI is InChI=1S/C33H31N9/c34-32-31-30(24-7-6-23-8-9-27(38-28(23)20-24)22-4-2-1-3-5-22)39-33(42(31)13-12-37-32)25-18-26(19-25)40-14-16-41(17-15-40)29-21-35-10-11-36-29/h1-13,20-21,25-26H,14-19H2,(H2,34,37). The Kier molecular flexibility index (Phi) is 6.03. The number of nitrogens with zero attached hydrogens (tertiary/aromatic N) is 8. The molecule has 2 N–H and O–H groups in total. The highest BCUT2D eigenvalue weighted by molar-refractivity contribution is 5.91. The summed E-state index contributed by atoms with van der Waals surface area (Å²) >= 11 is 0. The molecule has 6 aromatic rings. The molecule has 4 aromatic heterocycles. The molecule has 5 heterocycles. The van der Waals surface area contributed by atoms with Gasteiger partial charge in [-0.3, -0.25) is 14.3 Å². The Morgan fingerprint density at radius 3 is 2.43 bits per heavy atom. The lowest BCUT2D eigenvalue weighted by Gasteiger charge is -2.46. The molecular weight excluding hydrogens is 522 g/mol. The second-order valence-corrected chi connectivity index (χ2v) is 11.2. The van der Waals surface area contributed by atoms with E-state index in [9.17, 15) is 0 Å². The molecule has 0 radical (unpaired) electrons. The van der Waals surface area contributed by atoms with Crippen molar-refractivity contribution in [2.45, 2.75) is 24.8 Å². The number of benzene rings is 2. The lowest BCUT2D eigenvalue weighted by atomic mass is 9.78. The molecule has 0 unspecified atom stereocenters. The van der Waals surface area contributed by atoms with E-state index in [2.05, 4.69) is 71.6 Å². The first-order valence-corrected chi connectivity index (χ1v) is 14.6. The van der Waals surface area contributed by atoms with Gasteiger partial charge in [0.05, 0.1) is 17.4 Å². The highest BCUT2D eigenvalue weighted by Gasteiger charge is 2.38. The Morgan fingerprint density at radius 2 is 1.62 bits per heavy atom. The lowest BCUT2D eigenvalue weighted by molar-refractivity contribution is 0.0992. The molecular formula is C33H31N9. The predicted molar refractivity (Wildman–Crippen MR) is 165 cm³/mol. The van der Waals surface area contributed by atoms with E-state index < -0.39 is 0 Å². The summed E-state index contributed by atoms with van der Waals surface area (Å²) in [6.07, 6.45) is 11.3. The molecule has 8 rings (SSSR count). The second kappa shape index (κ2) is 10.2. The summed E-state index contributed by atoms with van der Waals surface area (Å²) in [6.45, 7) is 4.02. The van der Waals surface area contributed by atoms with Gasteiger partial charge in [0.2, 0.25) is 0 Å². The number of imidazole rings is 1. The van der Waals surface area contributed by atoms with Crippen LogP contribution in [0.1, 0.15) is 24.6 Å². The van der Waals surface area contributed by atoms with E-state index >= 15 is 0 Å². The van der Waals surface area contributed by atoms with Gasteiger partial charge in [-0.05, 0) is 25.0 Å². The van der Waals surface area contributed by atoms with Crippen LogP contribution in [0.3, 0.4) is 0 Å². The molecule has 2 fully saturated rings. The third-order valence-electron chi connectivity index (χ3n) is 8.83. The number of fused-ring (bicyclic) bond motifs is 2. The Balaban J connectivity index is 1.06. The fourth-order valence-corrected chi connectivity index (χ4v) is 6.48. The van der Waals surface area contributed by atoms with Crippen LogP contribution in [-0.4, -0.2) is 66.4 Å². The molecule has 0 bridgehead atoms. The number of anilines is 2. The number of hydrogen-bond donors (Lipinski definition) is 1. The van der Waals surface area contributed by atoms with E-state index in [1.165, 1.54) is 0 Å². The second-order valence-electron chi connectivity index (χ2n) is 11.2. The quantitative estimate of drug-likeness (QED) is 0.317. The van der Waals surface area contributed by atoms with Gasteiger partial charge in [-0.15, -0.1) is 0 Å². The Morgan fingerprint density at radius 1 is 0.786 bits per heavy atom. The molecule has 0 atom stereocenters. The van der Waals surface area contributed by atoms with Gasteiger partial charge in [-0.2, -0.15) is 0 Å². The summed E-state index contributed by atoms with van der Waals surface area (Å²) in [4.78, 5) is 28.3. The average molecular weight is 554 g/mol. The normalized spacial score (nSPS) is 19.3. The van der Waals surface area contributed by atoms with E-state index in [0.29, 0.717) is 17.8 Å². The number of nitrogens with two attached hydrogens (primary N) is 1. The van der Waals surface area contributed by atoms with Crippen molar-refractivity contribution in [3.8, 4) is 22.5 Å². The minimum atomic E-state index is 0.374. The number of piperazine rings is 1. The fraction of sp³-hybridized carbons (Fsp3) is 0.242. The van der Waals surface area contributed by atoms with Crippen LogP contribution in [0.15, 0.2) is 91.6 Å². The molecule has 9 heteroatoms. The fourth-order valence-electron chi connectivity index (χ4n) is 6.48. The summed E-state index contributed by atoms with van der Waals surface area (Å²) < 4.78 is 2.16. The Hall–Kier alpha value is -4.89. The monoisotopic (exact) mass is 553 g/mol. The van der Waals surface area contributed by atoms with Gasteiger partial charge in [-0.1, -0.05) is 48.5 Å². The van der Waals surface area contributed by atoms with Crippen LogP contribution in [0.2, 0.25) is 0 Å². The summed E-state index contributed by atoms with van der Waals surface area (Å²) in [5.74, 6) is 2.90. The predicted octanol–water partition coefficient (Wildman–Crippen LogP) is 5.05. The molecule has 2 aromatic carbocycles. The number of pyridine rings is 1.